The molecule has 1 aromatic rings. The minimum atomic E-state index is 0.713. The molecule has 0 heterocycles. The number of benzene rings is 1. The molecule has 0 atom stereocenters. The van der Waals surface area contributed by atoms with E-state index < -0.39 is 0 Å². The first-order valence-electron chi connectivity index (χ1n) is 8.18. The lowest BCUT2D eigenvalue weighted by atomic mass is 10.1. The fraction of sp³-hybridized carbons (Fsp3) is 0.667. The zero-order valence-electron chi connectivity index (χ0n) is 13.6. The van der Waals surface area contributed by atoms with Gasteiger partial charge in [-0.05, 0) is 55.8 Å². The fourth-order valence-electron chi connectivity index (χ4n) is 2.78. The van der Waals surface area contributed by atoms with E-state index in [1.165, 1.54) is 42.6 Å². The highest BCUT2D eigenvalue weighted by Crippen LogP contribution is 2.33. The lowest BCUT2D eigenvalue weighted by Crippen LogP contribution is -2.27. The van der Waals surface area contributed by atoms with E-state index in [1.54, 1.807) is 0 Å². The minimum Gasteiger partial charge on any atom is -0.368 e. The van der Waals surface area contributed by atoms with Crippen LogP contribution in [0.5, 0.6) is 0 Å². The van der Waals surface area contributed by atoms with Crippen LogP contribution in [-0.4, -0.2) is 19.1 Å². The van der Waals surface area contributed by atoms with Crippen LogP contribution < -0.4 is 10.2 Å². The maximum absolute atomic E-state index is 3.52. The van der Waals surface area contributed by atoms with Gasteiger partial charge in [0.05, 0.1) is 0 Å². The number of nitrogens with zero attached hydrogens (tertiary/aromatic N) is 1. The van der Waals surface area contributed by atoms with Gasteiger partial charge in [-0.25, -0.2) is 0 Å². The first-order valence-corrected chi connectivity index (χ1v) is 8.18. The number of aryl methyl sites for hydroxylation is 1. The number of hydrogen-bond donors (Lipinski definition) is 1. The summed E-state index contributed by atoms with van der Waals surface area (Å²) < 4.78 is 0. The van der Waals surface area contributed by atoms with E-state index in [1.807, 2.05) is 0 Å². The van der Waals surface area contributed by atoms with Crippen molar-refractivity contribution in [2.24, 2.45) is 5.92 Å². The smallest absolute Gasteiger partial charge is 0.0398 e. The number of anilines is 1. The molecule has 0 spiro atoms. The molecule has 1 aromatic carbocycles. The van der Waals surface area contributed by atoms with Gasteiger partial charge in [-0.3, -0.25) is 0 Å². The van der Waals surface area contributed by atoms with Gasteiger partial charge >= 0.3 is 0 Å². The van der Waals surface area contributed by atoms with Gasteiger partial charge in [0, 0.05) is 24.8 Å². The molecule has 0 radical (unpaired) electrons. The third-order valence-corrected chi connectivity index (χ3v) is 3.90. The molecule has 0 aliphatic heterocycles. The van der Waals surface area contributed by atoms with Gasteiger partial charge in [-0.1, -0.05) is 32.9 Å². The molecular weight excluding hydrogens is 244 g/mol. The van der Waals surface area contributed by atoms with Gasteiger partial charge in [0.1, 0.15) is 0 Å². The van der Waals surface area contributed by atoms with Crippen LogP contribution >= 0.6 is 0 Å². The Morgan fingerprint density at radius 2 is 2.05 bits per heavy atom. The molecule has 20 heavy (non-hydrogen) atoms. The highest BCUT2D eigenvalue weighted by atomic mass is 15.2. The van der Waals surface area contributed by atoms with Crippen LogP contribution in [0.2, 0.25) is 0 Å². The first-order chi connectivity index (χ1) is 9.61. The predicted molar refractivity (Wildman–Crippen MR) is 88.4 cm³/mol. The lowest BCUT2D eigenvalue weighted by Gasteiger charge is -2.26. The van der Waals surface area contributed by atoms with Crippen LogP contribution in [0.15, 0.2) is 18.2 Å². The molecule has 0 aromatic heterocycles. The van der Waals surface area contributed by atoms with Gasteiger partial charge in [-0.2, -0.15) is 0 Å². The summed E-state index contributed by atoms with van der Waals surface area (Å²) in [6.45, 7) is 12.3. The molecule has 1 aliphatic carbocycles. The number of nitrogens with one attached hydrogen (secondary N) is 1. The Morgan fingerprint density at radius 1 is 1.30 bits per heavy atom. The standard InChI is InChI=1S/C18H30N2/c1-5-10-20(17-7-8-17)18-9-6-16(11-15(18)4)13-19-12-14(2)3/h6,9,11,14,17,19H,5,7-8,10,12-13H2,1-4H3. The fourth-order valence-corrected chi connectivity index (χ4v) is 2.78. The van der Waals surface area contributed by atoms with E-state index in [2.05, 4.69) is 56.1 Å². The molecule has 112 valence electrons. The molecule has 0 unspecified atom stereocenters. The largest absolute Gasteiger partial charge is 0.368 e. The molecule has 2 rings (SSSR count). The van der Waals surface area contributed by atoms with Crippen molar-refractivity contribution in [3.05, 3.63) is 29.3 Å². The third kappa shape index (κ3) is 4.24. The van der Waals surface area contributed by atoms with Crippen molar-refractivity contribution in [3.8, 4) is 0 Å². The van der Waals surface area contributed by atoms with Crippen LogP contribution in [0.4, 0.5) is 5.69 Å². The predicted octanol–water partition coefficient (Wildman–Crippen LogP) is 4.12. The van der Waals surface area contributed by atoms with Crippen molar-refractivity contribution in [2.75, 3.05) is 18.0 Å². The summed E-state index contributed by atoms with van der Waals surface area (Å²) in [5.74, 6) is 0.713. The summed E-state index contributed by atoms with van der Waals surface area (Å²) in [6, 6.07) is 7.78. The Bertz CT molecular complexity index is 421. The van der Waals surface area contributed by atoms with Crippen LogP contribution in [0.1, 0.15) is 51.2 Å². The van der Waals surface area contributed by atoms with Crippen LogP contribution in [0.3, 0.4) is 0 Å². The molecule has 0 amide bonds. The van der Waals surface area contributed by atoms with E-state index in [0.29, 0.717) is 5.92 Å². The van der Waals surface area contributed by atoms with Crippen LogP contribution in [0.25, 0.3) is 0 Å². The summed E-state index contributed by atoms with van der Waals surface area (Å²) in [5.41, 5.74) is 4.27. The molecule has 1 fully saturated rings. The molecular formula is C18H30N2. The Balaban J connectivity index is 2.00. The summed E-state index contributed by atoms with van der Waals surface area (Å²) >= 11 is 0. The average Bonchev–Trinajstić information content (AvgIpc) is 3.21. The van der Waals surface area contributed by atoms with E-state index in [9.17, 15) is 0 Å². The molecule has 0 saturated heterocycles. The SMILES string of the molecule is CCCN(c1ccc(CNCC(C)C)cc1C)C1CC1. The van der Waals surface area contributed by atoms with Gasteiger partial charge in [-0.15, -0.1) is 0 Å². The van der Waals surface area contributed by atoms with Gasteiger partial charge in [0.15, 0.2) is 0 Å². The van der Waals surface area contributed by atoms with Crippen LogP contribution in [-0.2, 0) is 6.54 Å². The number of rotatable bonds is 8. The molecule has 1 saturated carbocycles. The highest BCUT2D eigenvalue weighted by Gasteiger charge is 2.29. The molecule has 2 nitrogen and oxygen atoms in total. The molecule has 1 aliphatic rings. The lowest BCUT2D eigenvalue weighted by molar-refractivity contribution is 0.552. The maximum atomic E-state index is 3.52. The van der Waals surface area contributed by atoms with Crippen molar-refractivity contribution in [3.63, 3.8) is 0 Å². The second-order valence-corrected chi connectivity index (χ2v) is 6.57. The van der Waals surface area contributed by atoms with Crippen molar-refractivity contribution < 1.29 is 0 Å². The number of hydrogen-bond acceptors (Lipinski definition) is 2. The summed E-state index contributed by atoms with van der Waals surface area (Å²) in [5, 5.41) is 3.52. The monoisotopic (exact) mass is 274 g/mol. The average molecular weight is 274 g/mol. The Kier molecular flexibility index (Phi) is 5.47. The Labute approximate surface area is 124 Å². The topological polar surface area (TPSA) is 15.3 Å². The minimum absolute atomic E-state index is 0.713. The van der Waals surface area contributed by atoms with E-state index in [0.717, 1.165) is 19.1 Å². The van der Waals surface area contributed by atoms with Crippen molar-refractivity contribution in [1.82, 2.24) is 5.32 Å². The normalized spacial score (nSPS) is 14.8. The van der Waals surface area contributed by atoms with Crippen molar-refractivity contribution in [1.29, 1.82) is 0 Å². The zero-order chi connectivity index (χ0) is 14.5. The van der Waals surface area contributed by atoms with Crippen LogP contribution in [0, 0.1) is 12.8 Å². The Hall–Kier alpha value is -1.02. The van der Waals surface area contributed by atoms with E-state index >= 15 is 0 Å². The summed E-state index contributed by atoms with van der Waals surface area (Å²) in [4.78, 5) is 2.61. The first kappa shape index (κ1) is 15.4. The second-order valence-electron chi connectivity index (χ2n) is 6.57. The van der Waals surface area contributed by atoms with Gasteiger partial charge in [0.2, 0.25) is 0 Å². The molecule has 1 N–H and O–H groups in total. The van der Waals surface area contributed by atoms with Gasteiger partial charge < -0.3 is 10.2 Å². The quantitative estimate of drug-likeness (QED) is 0.767. The summed E-state index contributed by atoms with van der Waals surface area (Å²) in [7, 11) is 0. The van der Waals surface area contributed by atoms with E-state index in [-0.39, 0.29) is 0 Å². The Morgan fingerprint density at radius 3 is 2.60 bits per heavy atom. The third-order valence-electron chi connectivity index (χ3n) is 3.90. The molecule has 0 bridgehead atoms. The van der Waals surface area contributed by atoms with Crippen molar-refractivity contribution >= 4 is 5.69 Å². The second kappa shape index (κ2) is 7.12. The van der Waals surface area contributed by atoms with Crippen molar-refractivity contribution in [2.45, 2.75) is 59.5 Å². The van der Waals surface area contributed by atoms with Gasteiger partial charge in [0.25, 0.3) is 0 Å². The van der Waals surface area contributed by atoms with E-state index in [4.69, 9.17) is 0 Å². The summed E-state index contributed by atoms with van der Waals surface area (Å²) in [6.07, 6.45) is 3.97. The maximum Gasteiger partial charge on any atom is 0.0398 e. The molecule has 2 heteroatoms. The zero-order valence-corrected chi connectivity index (χ0v) is 13.6. The highest BCUT2D eigenvalue weighted by molar-refractivity contribution is 5.56.